The molecule has 0 aliphatic carbocycles. The molecule has 0 bridgehead atoms. The fourth-order valence-electron chi connectivity index (χ4n) is 7.17. The Morgan fingerprint density at radius 2 is 1.56 bits per heavy atom. The summed E-state index contributed by atoms with van der Waals surface area (Å²) in [7, 11) is -1.34. The van der Waals surface area contributed by atoms with Crippen LogP contribution in [0.2, 0.25) is 19.6 Å². The molecule has 8 rings (SSSR count). The summed E-state index contributed by atoms with van der Waals surface area (Å²) in [6.45, 7) is 18.2. The molecule has 0 aliphatic rings. The SMILES string of the molecule is CC(C)Cc1cc(-c2[c-]cccc2)ncc1[Si](C)(C)C.Cc1cc(C)c(-n2c(-c3[c-]ccc4c3oc3ncccc34)nc3ccccc32)c(C)c1.[Ir]. The van der Waals surface area contributed by atoms with Gasteiger partial charge in [-0.15, -0.1) is 54.1 Å². The minimum Gasteiger partial charge on any atom is -0.486 e. The molecule has 0 N–H and O–H groups in total. The van der Waals surface area contributed by atoms with E-state index in [2.05, 4.69) is 130 Å². The molecule has 7 heteroatoms. The Morgan fingerprint density at radius 3 is 2.27 bits per heavy atom. The summed E-state index contributed by atoms with van der Waals surface area (Å²) in [6.07, 6.45) is 4.99. The van der Waals surface area contributed by atoms with Crippen LogP contribution in [0.4, 0.5) is 0 Å². The smallest absolute Gasteiger partial charge is 0.216 e. The van der Waals surface area contributed by atoms with Crippen molar-refractivity contribution in [2.45, 2.75) is 60.7 Å². The maximum atomic E-state index is 6.21. The van der Waals surface area contributed by atoms with Crippen LogP contribution >= 0.6 is 0 Å². The average molecular weight is 877 g/mol. The molecule has 0 atom stereocenters. The van der Waals surface area contributed by atoms with Gasteiger partial charge in [-0.05, 0) is 79.4 Å². The van der Waals surface area contributed by atoms with Crippen LogP contribution in [-0.2, 0) is 26.5 Å². The van der Waals surface area contributed by atoms with Gasteiger partial charge >= 0.3 is 0 Å². The number of para-hydroxylation sites is 2. The average Bonchev–Trinajstić information content (AvgIpc) is 3.67. The number of aryl methyl sites for hydroxylation is 3. The van der Waals surface area contributed by atoms with E-state index in [9.17, 15) is 0 Å². The first-order valence-electron chi connectivity index (χ1n) is 17.7. The molecule has 265 valence electrons. The Kier molecular flexibility index (Phi) is 10.8. The van der Waals surface area contributed by atoms with Gasteiger partial charge < -0.3 is 14.0 Å². The number of hydrogen-bond donors (Lipinski definition) is 0. The number of imidazole rings is 1. The Morgan fingerprint density at radius 1 is 0.808 bits per heavy atom. The van der Waals surface area contributed by atoms with E-state index < -0.39 is 8.07 Å². The van der Waals surface area contributed by atoms with Gasteiger partial charge in [0.25, 0.3) is 0 Å². The van der Waals surface area contributed by atoms with Crippen molar-refractivity contribution in [3.8, 4) is 28.3 Å². The van der Waals surface area contributed by atoms with Crippen molar-refractivity contribution in [2.24, 2.45) is 5.92 Å². The topological polar surface area (TPSA) is 56.7 Å². The van der Waals surface area contributed by atoms with Crippen molar-refractivity contribution in [2.75, 3.05) is 0 Å². The summed E-state index contributed by atoms with van der Waals surface area (Å²) < 4.78 is 8.45. The summed E-state index contributed by atoms with van der Waals surface area (Å²) in [4.78, 5) is 14.1. The first-order chi connectivity index (χ1) is 24.5. The monoisotopic (exact) mass is 877 g/mol. The van der Waals surface area contributed by atoms with Crippen LogP contribution < -0.4 is 5.19 Å². The fraction of sp³-hybridized carbons (Fsp3) is 0.222. The van der Waals surface area contributed by atoms with Gasteiger partial charge in [0.05, 0.1) is 30.5 Å². The summed E-state index contributed by atoms with van der Waals surface area (Å²) in [6, 6.07) is 37.6. The van der Waals surface area contributed by atoms with E-state index >= 15 is 0 Å². The summed E-state index contributed by atoms with van der Waals surface area (Å²) in [5, 5.41) is 3.51. The van der Waals surface area contributed by atoms with Crippen molar-refractivity contribution in [3.63, 3.8) is 0 Å². The standard InChI is InChI=1S/C27H20N3O.C18H24NSi.Ir/c1-16-14-17(2)24(18(3)15-16)30-23-12-5-4-11-22(23)29-26(30)21-9-6-8-19-20-10-7-13-28-27(20)31-25(19)21;1-14(2)11-16-12-17(15-9-7-6-8-10-15)19-13-18(16)20(3,4)5;/h4-8,10-15H,1-3H3;6-9,12-14H,11H2,1-5H3;/q2*-1;. The molecule has 0 fully saturated rings. The van der Waals surface area contributed by atoms with E-state index in [1.54, 1.807) is 6.20 Å². The van der Waals surface area contributed by atoms with Crippen molar-refractivity contribution >= 4 is 46.4 Å². The number of benzene rings is 4. The quantitative estimate of drug-likeness (QED) is 0.123. The van der Waals surface area contributed by atoms with Crippen LogP contribution in [-0.4, -0.2) is 27.6 Å². The first kappa shape index (κ1) is 37.1. The Hall–Kier alpha value is -4.68. The Labute approximate surface area is 321 Å². The molecule has 0 saturated heterocycles. The van der Waals surface area contributed by atoms with Gasteiger partial charge in [0.1, 0.15) is 0 Å². The van der Waals surface area contributed by atoms with E-state index in [4.69, 9.17) is 9.40 Å². The third kappa shape index (κ3) is 7.31. The third-order valence-corrected chi connectivity index (χ3v) is 11.3. The number of furan rings is 1. The molecule has 0 amide bonds. The summed E-state index contributed by atoms with van der Waals surface area (Å²) in [5.74, 6) is 1.49. The zero-order valence-corrected chi connectivity index (χ0v) is 34.5. The van der Waals surface area contributed by atoms with Gasteiger partial charge in [-0.1, -0.05) is 85.9 Å². The number of hydrogen-bond acceptors (Lipinski definition) is 4. The van der Waals surface area contributed by atoms with E-state index in [1.807, 2.05) is 48.5 Å². The minimum atomic E-state index is -1.34. The first-order valence-corrected chi connectivity index (χ1v) is 21.2. The molecular weight excluding hydrogens is 833 g/mol. The summed E-state index contributed by atoms with van der Waals surface area (Å²) >= 11 is 0. The van der Waals surface area contributed by atoms with Crippen molar-refractivity contribution in [1.29, 1.82) is 0 Å². The molecule has 52 heavy (non-hydrogen) atoms. The second-order valence-electron chi connectivity index (χ2n) is 14.9. The van der Waals surface area contributed by atoms with Gasteiger partial charge in [0, 0.05) is 43.6 Å². The normalized spacial score (nSPS) is 11.6. The number of rotatable bonds is 6. The number of fused-ring (bicyclic) bond motifs is 4. The van der Waals surface area contributed by atoms with E-state index in [1.165, 1.54) is 27.4 Å². The molecule has 4 aromatic heterocycles. The molecule has 0 spiro atoms. The molecule has 1 radical (unpaired) electrons. The van der Waals surface area contributed by atoms with Gasteiger partial charge in [-0.25, -0.2) is 4.98 Å². The van der Waals surface area contributed by atoms with Crippen LogP contribution in [0.3, 0.4) is 0 Å². The molecule has 4 heterocycles. The largest absolute Gasteiger partial charge is 0.486 e. The van der Waals surface area contributed by atoms with Gasteiger partial charge in [-0.2, -0.15) is 0 Å². The van der Waals surface area contributed by atoms with Gasteiger partial charge in [0.15, 0.2) is 0 Å². The zero-order valence-electron chi connectivity index (χ0n) is 31.1. The maximum Gasteiger partial charge on any atom is 0.216 e. The molecule has 0 unspecified atom stereocenters. The zero-order chi connectivity index (χ0) is 35.9. The van der Waals surface area contributed by atoms with Crippen molar-refractivity contribution < 1.29 is 24.5 Å². The van der Waals surface area contributed by atoms with E-state index in [-0.39, 0.29) is 20.1 Å². The molecule has 0 aliphatic heterocycles. The molecule has 8 aromatic rings. The third-order valence-electron chi connectivity index (χ3n) is 9.26. The Bertz CT molecular complexity index is 2490. The predicted octanol–water partition coefficient (Wildman–Crippen LogP) is 11.0. The fourth-order valence-corrected chi connectivity index (χ4v) is 8.76. The predicted molar refractivity (Wildman–Crippen MR) is 215 cm³/mol. The van der Waals surface area contributed by atoms with E-state index in [0.29, 0.717) is 11.6 Å². The summed E-state index contributed by atoms with van der Waals surface area (Å²) in [5.41, 5.74) is 12.6. The molecule has 5 nitrogen and oxygen atoms in total. The van der Waals surface area contributed by atoms with Crippen LogP contribution in [0.15, 0.2) is 108 Å². The van der Waals surface area contributed by atoms with Gasteiger partial charge in [0.2, 0.25) is 5.71 Å². The molecular formula is C45H44IrN4OSi-2. The minimum absolute atomic E-state index is 0. The molecule has 4 aromatic carbocycles. The number of pyridine rings is 2. The number of nitrogens with zero attached hydrogens (tertiary/aromatic N) is 4. The Balaban J connectivity index is 0.000000193. The van der Waals surface area contributed by atoms with Crippen LogP contribution in [0.1, 0.15) is 36.1 Å². The van der Waals surface area contributed by atoms with Gasteiger partial charge in [-0.3, -0.25) is 4.98 Å². The van der Waals surface area contributed by atoms with Crippen LogP contribution in [0.5, 0.6) is 0 Å². The molecule has 0 saturated carbocycles. The second kappa shape index (κ2) is 15.1. The van der Waals surface area contributed by atoms with Crippen LogP contribution in [0, 0.1) is 38.8 Å². The maximum absolute atomic E-state index is 6.21. The van der Waals surface area contributed by atoms with Crippen LogP contribution in [0.25, 0.3) is 61.4 Å². The number of aromatic nitrogens is 4. The van der Waals surface area contributed by atoms with Crippen molar-refractivity contribution in [3.05, 3.63) is 138 Å². The van der Waals surface area contributed by atoms with Crippen molar-refractivity contribution in [1.82, 2.24) is 19.5 Å². The second-order valence-corrected chi connectivity index (χ2v) is 20.0. The van der Waals surface area contributed by atoms with E-state index in [0.717, 1.165) is 62.1 Å².